The summed E-state index contributed by atoms with van der Waals surface area (Å²) in [4.78, 5) is 19.3. The Morgan fingerprint density at radius 2 is 1.84 bits per heavy atom. The van der Waals surface area contributed by atoms with Crippen LogP contribution in [0.2, 0.25) is 0 Å². The van der Waals surface area contributed by atoms with Crippen molar-refractivity contribution in [3.8, 4) is 5.75 Å². The number of rotatable bonds is 4. The quantitative estimate of drug-likeness (QED) is 0.853. The van der Waals surface area contributed by atoms with Crippen LogP contribution < -0.4 is 15.0 Å². The molecule has 2 aromatic rings. The topological polar surface area (TPSA) is 53.9 Å². The fourth-order valence-electron chi connectivity index (χ4n) is 2.33. The number of hydrogen-bond donors (Lipinski definition) is 1. The maximum absolute atomic E-state index is 12.2. The molecule has 1 heterocycles. The van der Waals surface area contributed by atoms with Crippen molar-refractivity contribution < 1.29 is 9.53 Å². The van der Waals surface area contributed by atoms with Crippen molar-refractivity contribution in [1.82, 2.24) is 5.32 Å². The van der Waals surface area contributed by atoms with Gasteiger partial charge in [-0.3, -0.25) is 4.79 Å². The Kier molecular flexibility index (Phi) is 5.09. The molecule has 1 amide bonds. The summed E-state index contributed by atoms with van der Waals surface area (Å²) in [7, 11) is 5.59. The number of anilines is 1. The Labute approximate surface area is 151 Å². The first kappa shape index (κ1) is 17.1. The summed E-state index contributed by atoms with van der Waals surface area (Å²) in [5.41, 5.74) is 2.77. The zero-order valence-corrected chi connectivity index (χ0v) is 15.1. The zero-order valence-electron chi connectivity index (χ0n) is 14.3. The van der Waals surface area contributed by atoms with E-state index in [0.29, 0.717) is 21.5 Å². The molecule has 0 aliphatic carbocycles. The van der Waals surface area contributed by atoms with Crippen LogP contribution in [-0.4, -0.2) is 32.3 Å². The van der Waals surface area contributed by atoms with Gasteiger partial charge >= 0.3 is 0 Å². The lowest BCUT2D eigenvalue weighted by molar-refractivity contribution is -0.115. The first-order valence-corrected chi connectivity index (χ1v) is 8.58. The monoisotopic (exact) mass is 353 g/mol. The maximum Gasteiger partial charge on any atom is 0.264 e. The highest BCUT2D eigenvalue weighted by molar-refractivity contribution is 8.18. The molecule has 0 saturated carbocycles. The Balaban J connectivity index is 1.81. The van der Waals surface area contributed by atoms with Gasteiger partial charge < -0.3 is 15.0 Å². The van der Waals surface area contributed by atoms with E-state index < -0.39 is 0 Å². The number of para-hydroxylation sites is 2. The summed E-state index contributed by atoms with van der Waals surface area (Å²) < 4.78 is 5.29. The number of thioether (sulfide) groups is 1. The van der Waals surface area contributed by atoms with Crippen LogP contribution in [0.5, 0.6) is 5.75 Å². The first-order valence-electron chi connectivity index (χ1n) is 7.77. The zero-order chi connectivity index (χ0) is 17.8. The van der Waals surface area contributed by atoms with Gasteiger partial charge in [0.15, 0.2) is 5.17 Å². The van der Waals surface area contributed by atoms with Crippen molar-refractivity contribution in [2.75, 3.05) is 26.1 Å². The molecule has 3 rings (SSSR count). The van der Waals surface area contributed by atoms with Gasteiger partial charge in [0.05, 0.1) is 12.0 Å². The Morgan fingerprint density at radius 3 is 2.52 bits per heavy atom. The van der Waals surface area contributed by atoms with Gasteiger partial charge in [-0.1, -0.05) is 24.3 Å². The van der Waals surface area contributed by atoms with Crippen molar-refractivity contribution in [3.63, 3.8) is 0 Å². The summed E-state index contributed by atoms with van der Waals surface area (Å²) in [6.45, 7) is 0. The number of benzene rings is 2. The fourth-order valence-corrected chi connectivity index (χ4v) is 3.17. The van der Waals surface area contributed by atoms with Crippen LogP contribution in [0.15, 0.2) is 58.4 Å². The number of nitrogens with zero attached hydrogens (tertiary/aromatic N) is 2. The molecular weight excluding hydrogens is 334 g/mol. The number of carbonyl (C=O) groups excluding carboxylic acids is 1. The number of carbonyl (C=O) groups is 1. The van der Waals surface area contributed by atoms with Gasteiger partial charge in [-0.2, -0.15) is 0 Å². The van der Waals surface area contributed by atoms with Gasteiger partial charge in [0.25, 0.3) is 5.91 Å². The second-order valence-corrected chi connectivity index (χ2v) is 6.67. The van der Waals surface area contributed by atoms with Crippen LogP contribution in [0.4, 0.5) is 11.4 Å². The van der Waals surface area contributed by atoms with Crippen LogP contribution in [-0.2, 0) is 4.79 Å². The third-order valence-electron chi connectivity index (χ3n) is 3.67. The fraction of sp³-hybridized carbons (Fsp3) is 0.158. The smallest absolute Gasteiger partial charge is 0.264 e. The maximum atomic E-state index is 12.2. The van der Waals surface area contributed by atoms with Gasteiger partial charge in [0.2, 0.25) is 0 Å². The predicted molar refractivity (Wildman–Crippen MR) is 105 cm³/mol. The molecule has 25 heavy (non-hydrogen) atoms. The molecule has 6 heteroatoms. The van der Waals surface area contributed by atoms with E-state index in [1.54, 1.807) is 7.11 Å². The van der Waals surface area contributed by atoms with Crippen LogP contribution in [0.1, 0.15) is 5.56 Å². The molecule has 2 aromatic carbocycles. The van der Waals surface area contributed by atoms with Crippen LogP contribution in [0.25, 0.3) is 6.08 Å². The van der Waals surface area contributed by atoms with E-state index in [4.69, 9.17) is 4.74 Å². The van der Waals surface area contributed by atoms with E-state index in [1.165, 1.54) is 11.8 Å². The predicted octanol–water partition coefficient (Wildman–Crippen LogP) is 3.65. The molecule has 0 aromatic heterocycles. The lowest BCUT2D eigenvalue weighted by atomic mass is 10.2. The number of amides is 1. The highest BCUT2D eigenvalue weighted by Crippen LogP contribution is 2.32. The van der Waals surface area contributed by atoms with Crippen molar-refractivity contribution in [2.45, 2.75) is 0 Å². The minimum absolute atomic E-state index is 0.143. The average molecular weight is 353 g/mol. The van der Waals surface area contributed by atoms with E-state index in [2.05, 4.69) is 10.3 Å². The number of ether oxygens (including phenoxy) is 1. The Morgan fingerprint density at radius 1 is 1.12 bits per heavy atom. The second kappa shape index (κ2) is 7.44. The molecule has 1 N–H and O–H groups in total. The molecular formula is C19H19N3O2S. The van der Waals surface area contributed by atoms with Gasteiger partial charge in [-0.05, 0) is 47.7 Å². The normalized spacial score (nSPS) is 17.0. The number of nitrogens with one attached hydrogen (secondary N) is 1. The van der Waals surface area contributed by atoms with E-state index in [1.807, 2.05) is 73.6 Å². The number of amidine groups is 1. The minimum Gasteiger partial charge on any atom is -0.494 e. The first-order chi connectivity index (χ1) is 12.1. The minimum atomic E-state index is -0.143. The third kappa shape index (κ3) is 4.03. The van der Waals surface area contributed by atoms with Crippen LogP contribution in [0.3, 0.4) is 0 Å². The third-order valence-corrected chi connectivity index (χ3v) is 4.58. The van der Waals surface area contributed by atoms with E-state index in [0.717, 1.165) is 11.3 Å². The van der Waals surface area contributed by atoms with Crippen molar-refractivity contribution in [1.29, 1.82) is 0 Å². The van der Waals surface area contributed by atoms with Crippen molar-refractivity contribution in [3.05, 3.63) is 59.0 Å². The lowest BCUT2D eigenvalue weighted by Gasteiger charge is -2.11. The SMILES string of the molecule is COc1ccccc1N=C1NC(=O)/C(=C\c2ccc(N(C)C)cc2)S1. The van der Waals surface area contributed by atoms with Gasteiger partial charge in [0, 0.05) is 19.8 Å². The molecule has 1 aliphatic rings. The average Bonchev–Trinajstić information content (AvgIpc) is 2.95. The molecule has 128 valence electrons. The van der Waals surface area contributed by atoms with E-state index in [9.17, 15) is 4.79 Å². The second-order valence-electron chi connectivity index (χ2n) is 5.64. The summed E-state index contributed by atoms with van der Waals surface area (Å²) in [6.07, 6.45) is 1.87. The Bertz CT molecular complexity index is 842. The van der Waals surface area contributed by atoms with Gasteiger partial charge in [0.1, 0.15) is 11.4 Å². The largest absolute Gasteiger partial charge is 0.494 e. The molecule has 0 unspecified atom stereocenters. The molecule has 0 bridgehead atoms. The summed E-state index contributed by atoms with van der Waals surface area (Å²) >= 11 is 1.32. The van der Waals surface area contributed by atoms with Gasteiger partial charge in [-0.15, -0.1) is 0 Å². The molecule has 1 fully saturated rings. The van der Waals surface area contributed by atoms with E-state index in [-0.39, 0.29) is 5.91 Å². The molecule has 5 nitrogen and oxygen atoms in total. The number of aliphatic imine (C=N–C) groups is 1. The Hall–Kier alpha value is -2.73. The van der Waals surface area contributed by atoms with Crippen LogP contribution in [0, 0.1) is 0 Å². The van der Waals surface area contributed by atoms with Crippen LogP contribution >= 0.6 is 11.8 Å². The van der Waals surface area contributed by atoms with Crippen molar-refractivity contribution >= 4 is 40.3 Å². The van der Waals surface area contributed by atoms with Crippen molar-refractivity contribution in [2.24, 2.45) is 4.99 Å². The molecule has 1 saturated heterocycles. The molecule has 0 radical (unpaired) electrons. The highest BCUT2D eigenvalue weighted by Gasteiger charge is 2.24. The molecule has 0 spiro atoms. The molecule has 0 atom stereocenters. The highest BCUT2D eigenvalue weighted by atomic mass is 32.2. The number of methoxy groups -OCH3 is 1. The standard InChI is InChI=1S/C19H19N3O2S/c1-22(2)14-10-8-13(9-11-14)12-17-18(23)21-19(25-17)20-15-6-4-5-7-16(15)24-3/h4-12H,1-3H3,(H,20,21,23)/b17-12+. The summed E-state index contributed by atoms with van der Waals surface area (Å²) in [6, 6.07) is 15.5. The van der Waals surface area contributed by atoms with E-state index >= 15 is 0 Å². The lowest BCUT2D eigenvalue weighted by Crippen LogP contribution is -2.19. The molecule has 1 aliphatic heterocycles. The summed E-state index contributed by atoms with van der Waals surface area (Å²) in [5, 5.41) is 3.34. The van der Waals surface area contributed by atoms with Gasteiger partial charge in [-0.25, -0.2) is 4.99 Å². The number of hydrogen-bond acceptors (Lipinski definition) is 5. The summed E-state index contributed by atoms with van der Waals surface area (Å²) in [5.74, 6) is 0.525.